The maximum Gasteiger partial charge on any atom is 0.119 e. The van der Waals surface area contributed by atoms with Crippen molar-refractivity contribution < 1.29 is 4.74 Å². The first-order valence-corrected chi connectivity index (χ1v) is 7.88. The summed E-state index contributed by atoms with van der Waals surface area (Å²) in [6.45, 7) is 2.91. The average molecular weight is 311 g/mol. The molecule has 108 valence electrons. The van der Waals surface area contributed by atoms with Crippen LogP contribution in [0.1, 0.15) is 36.2 Å². The van der Waals surface area contributed by atoms with Crippen molar-refractivity contribution in [3.8, 4) is 5.75 Å². The Balaban J connectivity index is 2.07. The molecule has 20 heavy (non-hydrogen) atoms. The number of unbranched alkanes of at least 4 members (excludes halogenated alkanes) is 1. The highest BCUT2D eigenvalue weighted by Crippen LogP contribution is 2.31. The largest absolute Gasteiger partial charge is 0.494 e. The van der Waals surface area contributed by atoms with Crippen molar-refractivity contribution >= 4 is 22.9 Å². The molecule has 5 heteroatoms. The first-order valence-electron chi connectivity index (χ1n) is 6.68. The first kappa shape index (κ1) is 15.3. The molecule has 1 heterocycles. The van der Waals surface area contributed by atoms with Crippen LogP contribution in [0.4, 0.5) is 0 Å². The van der Waals surface area contributed by atoms with E-state index in [1.54, 1.807) is 0 Å². The van der Waals surface area contributed by atoms with Crippen molar-refractivity contribution in [2.24, 2.45) is 5.84 Å². The number of rotatable bonds is 7. The van der Waals surface area contributed by atoms with Crippen LogP contribution in [-0.4, -0.2) is 6.61 Å². The molecule has 0 aliphatic heterocycles. The summed E-state index contributed by atoms with van der Waals surface area (Å²) >= 11 is 7.50. The Kier molecular flexibility index (Phi) is 5.86. The lowest BCUT2D eigenvalue weighted by Gasteiger charge is -2.15. The molecule has 1 aromatic carbocycles. The van der Waals surface area contributed by atoms with Crippen LogP contribution < -0.4 is 16.0 Å². The standard InChI is InChI=1S/C15H19ClN2OS/c1-2-3-10-19-12-6-4-11(5-7-12)15(18-17)13-8-9-14(16)20-13/h4-9,15,18H,2-3,10,17H2,1H3. The predicted octanol–water partition coefficient (Wildman–Crippen LogP) is 4.13. The monoisotopic (exact) mass is 310 g/mol. The molecule has 1 aromatic heterocycles. The topological polar surface area (TPSA) is 47.3 Å². The van der Waals surface area contributed by atoms with Crippen LogP contribution in [0.5, 0.6) is 5.75 Å². The molecule has 2 aromatic rings. The first-order chi connectivity index (χ1) is 9.74. The molecule has 0 radical (unpaired) electrons. The number of benzene rings is 1. The fourth-order valence-electron chi connectivity index (χ4n) is 1.92. The van der Waals surface area contributed by atoms with Crippen LogP contribution in [0.25, 0.3) is 0 Å². The molecule has 0 fully saturated rings. The fraction of sp³-hybridized carbons (Fsp3) is 0.333. The molecule has 0 aliphatic carbocycles. The number of nitrogens with two attached hydrogens (primary N) is 1. The highest BCUT2D eigenvalue weighted by molar-refractivity contribution is 7.16. The van der Waals surface area contributed by atoms with Gasteiger partial charge in [-0.15, -0.1) is 11.3 Å². The van der Waals surface area contributed by atoms with Gasteiger partial charge >= 0.3 is 0 Å². The molecule has 0 saturated carbocycles. The molecule has 0 spiro atoms. The van der Waals surface area contributed by atoms with Gasteiger partial charge in [0.15, 0.2) is 0 Å². The molecule has 2 rings (SSSR count). The molecule has 0 saturated heterocycles. The molecule has 0 aliphatic rings. The Hall–Kier alpha value is -1.07. The summed E-state index contributed by atoms with van der Waals surface area (Å²) in [5, 5.41) is 0. The predicted molar refractivity (Wildman–Crippen MR) is 85.3 cm³/mol. The Morgan fingerprint density at radius 1 is 1.25 bits per heavy atom. The van der Waals surface area contributed by atoms with Crippen molar-refractivity contribution in [3.63, 3.8) is 0 Å². The zero-order valence-electron chi connectivity index (χ0n) is 11.4. The van der Waals surface area contributed by atoms with Crippen LogP contribution in [0.3, 0.4) is 0 Å². The van der Waals surface area contributed by atoms with Gasteiger partial charge in [-0.2, -0.15) is 0 Å². The van der Waals surface area contributed by atoms with E-state index >= 15 is 0 Å². The molecular weight excluding hydrogens is 292 g/mol. The van der Waals surface area contributed by atoms with Crippen LogP contribution in [0.15, 0.2) is 36.4 Å². The summed E-state index contributed by atoms with van der Waals surface area (Å²) in [6, 6.07) is 11.8. The molecule has 3 N–H and O–H groups in total. The smallest absolute Gasteiger partial charge is 0.119 e. The maximum absolute atomic E-state index is 5.97. The Labute approximate surface area is 128 Å². The van der Waals surface area contributed by atoms with Crippen molar-refractivity contribution in [2.75, 3.05) is 6.61 Å². The number of hydrogen-bond donors (Lipinski definition) is 2. The Morgan fingerprint density at radius 2 is 2.00 bits per heavy atom. The van der Waals surface area contributed by atoms with Crippen LogP contribution in [0.2, 0.25) is 4.34 Å². The van der Waals surface area contributed by atoms with Gasteiger partial charge in [-0.05, 0) is 36.2 Å². The number of ether oxygens (including phenoxy) is 1. The molecule has 3 nitrogen and oxygen atoms in total. The van der Waals surface area contributed by atoms with Gasteiger partial charge in [0.05, 0.1) is 17.0 Å². The second-order valence-corrected chi connectivity index (χ2v) is 6.26. The zero-order chi connectivity index (χ0) is 14.4. The van der Waals surface area contributed by atoms with Gasteiger partial charge in [-0.25, -0.2) is 5.43 Å². The van der Waals surface area contributed by atoms with Crippen LogP contribution >= 0.6 is 22.9 Å². The number of hydrogen-bond acceptors (Lipinski definition) is 4. The highest BCUT2D eigenvalue weighted by atomic mass is 35.5. The van der Waals surface area contributed by atoms with E-state index in [2.05, 4.69) is 12.3 Å². The lowest BCUT2D eigenvalue weighted by atomic mass is 10.1. The molecule has 0 amide bonds. The SMILES string of the molecule is CCCCOc1ccc(C(NN)c2ccc(Cl)s2)cc1. The summed E-state index contributed by atoms with van der Waals surface area (Å²) in [5.74, 6) is 6.56. The van der Waals surface area contributed by atoms with Crippen LogP contribution in [-0.2, 0) is 0 Å². The minimum Gasteiger partial charge on any atom is -0.494 e. The number of nitrogens with one attached hydrogen (secondary N) is 1. The Morgan fingerprint density at radius 3 is 2.55 bits per heavy atom. The summed E-state index contributed by atoms with van der Waals surface area (Å²) in [4.78, 5) is 1.09. The van der Waals surface area contributed by atoms with E-state index in [0.29, 0.717) is 0 Å². The van der Waals surface area contributed by atoms with Gasteiger partial charge in [0.25, 0.3) is 0 Å². The van der Waals surface area contributed by atoms with Gasteiger partial charge in [0.1, 0.15) is 5.75 Å². The lowest BCUT2D eigenvalue weighted by molar-refractivity contribution is 0.309. The summed E-state index contributed by atoms with van der Waals surface area (Å²) in [7, 11) is 0. The van der Waals surface area contributed by atoms with Crippen molar-refractivity contribution in [1.29, 1.82) is 0 Å². The summed E-state index contributed by atoms with van der Waals surface area (Å²) in [5.41, 5.74) is 3.92. The van der Waals surface area contributed by atoms with Crippen molar-refractivity contribution in [3.05, 3.63) is 51.2 Å². The summed E-state index contributed by atoms with van der Waals surface area (Å²) in [6.07, 6.45) is 2.21. The Bertz CT molecular complexity index is 527. The number of halogens is 1. The van der Waals surface area contributed by atoms with Gasteiger partial charge in [-0.1, -0.05) is 37.1 Å². The molecule has 0 bridgehead atoms. The van der Waals surface area contributed by atoms with Crippen molar-refractivity contribution in [2.45, 2.75) is 25.8 Å². The second kappa shape index (κ2) is 7.64. The normalized spacial score (nSPS) is 12.3. The van der Waals surface area contributed by atoms with Gasteiger partial charge in [0, 0.05) is 4.88 Å². The fourth-order valence-corrected chi connectivity index (χ4v) is 3.07. The molecular formula is C15H19ClN2OS. The van der Waals surface area contributed by atoms with Crippen molar-refractivity contribution in [1.82, 2.24) is 5.43 Å². The number of hydrazine groups is 1. The lowest BCUT2D eigenvalue weighted by Crippen LogP contribution is -2.28. The number of thiophene rings is 1. The second-order valence-electron chi connectivity index (χ2n) is 4.51. The third kappa shape index (κ3) is 3.96. The summed E-state index contributed by atoms with van der Waals surface area (Å²) < 4.78 is 6.42. The quantitative estimate of drug-likeness (QED) is 0.459. The minimum absolute atomic E-state index is 0.0443. The van der Waals surface area contributed by atoms with Gasteiger partial charge < -0.3 is 4.74 Å². The van der Waals surface area contributed by atoms with E-state index < -0.39 is 0 Å². The molecule has 1 unspecified atom stereocenters. The van der Waals surface area contributed by atoms with E-state index in [1.165, 1.54) is 11.3 Å². The van der Waals surface area contributed by atoms with Crippen LogP contribution in [0, 0.1) is 0 Å². The van der Waals surface area contributed by atoms with E-state index in [-0.39, 0.29) is 6.04 Å². The van der Waals surface area contributed by atoms with E-state index in [0.717, 1.165) is 40.0 Å². The third-order valence-electron chi connectivity index (χ3n) is 3.03. The molecule has 1 atom stereocenters. The van der Waals surface area contributed by atoms with Gasteiger partial charge in [0.2, 0.25) is 0 Å². The minimum atomic E-state index is -0.0443. The van der Waals surface area contributed by atoms with E-state index in [4.69, 9.17) is 22.2 Å². The van der Waals surface area contributed by atoms with Gasteiger partial charge in [-0.3, -0.25) is 5.84 Å². The van der Waals surface area contributed by atoms with E-state index in [1.807, 2.05) is 36.4 Å². The zero-order valence-corrected chi connectivity index (χ0v) is 13.0. The highest BCUT2D eigenvalue weighted by Gasteiger charge is 2.14. The van der Waals surface area contributed by atoms with E-state index in [9.17, 15) is 0 Å². The average Bonchev–Trinajstić information content (AvgIpc) is 2.88. The third-order valence-corrected chi connectivity index (χ3v) is 4.32. The maximum atomic E-state index is 5.97.